The summed E-state index contributed by atoms with van der Waals surface area (Å²) in [5.74, 6) is 0.0682. The van der Waals surface area contributed by atoms with E-state index in [9.17, 15) is 9.59 Å². The first kappa shape index (κ1) is 25.1. The molecule has 6 heteroatoms. The molecule has 34 heavy (non-hydrogen) atoms. The molecular weight excluding hydrogens is 432 g/mol. The fourth-order valence-corrected chi connectivity index (χ4v) is 4.00. The van der Waals surface area contributed by atoms with Gasteiger partial charge < -0.3 is 18.6 Å². The molecule has 0 bridgehead atoms. The van der Waals surface area contributed by atoms with Gasteiger partial charge in [-0.15, -0.1) is 0 Å². The van der Waals surface area contributed by atoms with Crippen LogP contribution in [0.1, 0.15) is 54.9 Å². The lowest BCUT2D eigenvalue weighted by atomic mass is 10.0. The Morgan fingerprint density at radius 2 is 1.85 bits per heavy atom. The third kappa shape index (κ3) is 5.87. The van der Waals surface area contributed by atoms with E-state index in [4.69, 9.17) is 18.6 Å². The largest absolute Gasteiger partial charge is 0.503 e. The quantitative estimate of drug-likeness (QED) is 0.115. The second-order valence-electron chi connectivity index (χ2n) is 8.17. The molecule has 2 aromatic carbocycles. The monoisotopic (exact) mass is 464 g/mol. The van der Waals surface area contributed by atoms with Crippen molar-refractivity contribution in [2.75, 3.05) is 14.2 Å². The van der Waals surface area contributed by atoms with Crippen molar-refractivity contribution in [1.82, 2.24) is 0 Å². The molecular formula is C28H32O6. The van der Waals surface area contributed by atoms with Crippen LogP contribution in [0.5, 0.6) is 5.75 Å². The van der Waals surface area contributed by atoms with Crippen molar-refractivity contribution >= 4 is 22.5 Å². The lowest BCUT2D eigenvalue weighted by molar-refractivity contribution is -0.133. The second kappa shape index (κ2) is 12.1. The molecule has 0 atom stereocenters. The first-order valence-corrected chi connectivity index (χ1v) is 11.6. The highest BCUT2D eigenvalue weighted by molar-refractivity contribution is 6.16. The van der Waals surface area contributed by atoms with Gasteiger partial charge in [-0.1, -0.05) is 50.5 Å². The molecule has 0 fully saturated rings. The number of carbonyl (C=O) groups excluding carboxylic acids is 1. The van der Waals surface area contributed by atoms with Crippen molar-refractivity contribution in [2.45, 2.75) is 52.6 Å². The number of methoxy groups -OCH3 is 2. The minimum Gasteiger partial charge on any atom is -0.503 e. The molecule has 0 radical (unpaired) electrons. The molecule has 0 saturated heterocycles. The highest BCUT2D eigenvalue weighted by Gasteiger charge is 2.17. The Morgan fingerprint density at radius 3 is 2.59 bits per heavy atom. The number of hydrogen-bond acceptors (Lipinski definition) is 6. The molecule has 1 aromatic heterocycles. The van der Waals surface area contributed by atoms with Gasteiger partial charge in [0, 0.05) is 17.0 Å². The fraction of sp³-hybridized carbons (Fsp3) is 0.357. The Morgan fingerprint density at radius 1 is 1.06 bits per heavy atom. The van der Waals surface area contributed by atoms with Gasteiger partial charge >= 0.3 is 11.6 Å². The molecule has 3 aromatic rings. The zero-order chi connectivity index (χ0) is 24.5. The van der Waals surface area contributed by atoms with Crippen LogP contribution in [0.2, 0.25) is 0 Å². The number of benzene rings is 2. The summed E-state index contributed by atoms with van der Waals surface area (Å²) < 4.78 is 21.6. The van der Waals surface area contributed by atoms with Crippen molar-refractivity contribution in [3.05, 3.63) is 81.4 Å². The molecule has 0 spiro atoms. The van der Waals surface area contributed by atoms with Gasteiger partial charge in [0.15, 0.2) is 0 Å². The van der Waals surface area contributed by atoms with Crippen molar-refractivity contribution in [1.29, 1.82) is 0 Å². The van der Waals surface area contributed by atoms with Crippen molar-refractivity contribution in [3.63, 3.8) is 0 Å². The minimum absolute atomic E-state index is 0.207. The van der Waals surface area contributed by atoms with E-state index < -0.39 is 5.97 Å². The SMILES string of the molecule is CCCCCCc1c(C)c2ccc(OCc3ccccc3/C(=C\OC)C(=O)OC)cc2oc1=O. The van der Waals surface area contributed by atoms with Crippen LogP contribution in [-0.2, 0) is 27.3 Å². The molecule has 0 aliphatic rings. The van der Waals surface area contributed by atoms with E-state index in [2.05, 4.69) is 6.92 Å². The van der Waals surface area contributed by atoms with E-state index in [0.717, 1.165) is 47.8 Å². The molecule has 180 valence electrons. The summed E-state index contributed by atoms with van der Waals surface area (Å²) in [4.78, 5) is 24.8. The predicted octanol–water partition coefficient (Wildman–Crippen LogP) is 5.96. The predicted molar refractivity (Wildman–Crippen MR) is 133 cm³/mol. The number of carbonyl (C=O) groups is 1. The molecule has 0 aliphatic carbocycles. The third-order valence-electron chi connectivity index (χ3n) is 5.88. The summed E-state index contributed by atoms with van der Waals surface area (Å²) in [5.41, 5.74) is 3.69. The summed E-state index contributed by atoms with van der Waals surface area (Å²) in [6.45, 7) is 4.35. The second-order valence-corrected chi connectivity index (χ2v) is 8.17. The van der Waals surface area contributed by atoms with Gasteiger partial charge in [-0.2, -0.15) is 0 Å². The Hall–Kier alpha value is -3.54. The van der Waals surface area contributed by atoms with Crippen LogP contribution in [-0.4, -0.2) is 20.2 Å². The van der Waals surface area contributed by atoms with Gasteiger partial charge in [-0.05, 0) is 48.6 Å². The van der Waals surface area contributed by atoms with Crippen LogP contribution in [0, 0.1) is 6.92 Å². The van der Waals surface area contributed by atoms with Crippen LogP contribution in [0.3, 0.4) is 0 Å². The zero-order valence-electron chi connectivity index (χ0n) is 20.3. The van der Waals surface area contributed by atoms with E-state index in [-0.39, 0.29) is 12.2 Å². The first-order valence-electron chi connectivity index (χ1n) is 11.6. The van der Waals surface area contributed by atoms with Crippen LogP contribution < -0.4 is 10.4 Å². The van der Waals surface area contributed by atoms with Crippen LogP contribution in [0.4, 0.5) is 0 Å². The molecule has 0 N–H and O–H groups in total. The molecule has 0 amide bonds. The van der Waals surface area contributed by atoms with Gasteiger partial charge in [0.25, 0.3) is 0 Å². The maximum absolute atomic E-state index is 12.6. The van der Waals surface area contributed by atoms with E-state index in [1.807, 2.05) is 43.3 Å². The third-order valence-corrected chi connectivity index (χ3v) is 5.88. The average molecular weight is 465 g/mol. The number of esters is 1. The minimum atomic E-state index is -0.497. The highest BCUT2D eigenvalue weighted by Crippen LogP contribution is 2.27. The number of unbranched alkanes of at least 4 members (excludes halogenated alkanes) is 3. The summed E-state index contributed by atoms with van der Waals surface area (Å²) in [5, 5.41) is 0.911. The van der Waals surface area contributed by atoms with Crippen LogP contribution in [0.25, 0.3) is 16.5 Å². The summed E-state index contributed by atoms with van der Waals surface area (Å²) >= 11 is 0. The summed E-state index contributed by atoms with van der Waals surface area (Å²) in [6, 6.07) is 12.9. The van der Waals surface area contributed by atoms with Gasteiger partial charge in [0.2, 0.25) is 0 Å². The maximum Gasteiger partial charge on any atom is 0.341 e. The average Bonchev–Trinajstić information content (AvgIpc) is 2.85. The van der Waals surface area contributed by atoms with E-state index in [1.54, 1.807) is 6.07 Å². The van der Waals surface area contributed by atoms with E-state index in [0.29, 0.717) is 22.5 Å². The summed E-state index contributed by atoms with van der Waals surface area (Å²) in [7, 11) is 2.80. The first-order chi connectivity index (χ1) is 16.5. The topological polar surface area (TPSA) is 75.0 Å². The summed E-state index contributed by atoms with van der Waals surface area (Å²) in [6.07, 6.45) is 6.51. The van der Waals surface area contributed by atoms with Crippen molar-refractivity contribution < 1.29 is 23.4 Å². The van der Waals surface area contributed by atoms with Gasteiger partial charge in [0.05, 0.1) is 20.5 Å². The molecule has 0 unspecified atom stereocenters. The van der Waals surface area contributed by atoms with Gasteiger partial charge in [-0.3, -0.25) is 0 Å². The Kier molecular flexibility index (Phi) is 8.91. The Balaban J connectivity index is 1.83. The van der Waals surface area contributed by atoms with E-state index >= 15 is 0 Å². The smallest absolute Gasteiger partial charge is 0.341 e. The Bertz CT molecular complexity index is 1220. The normalized spacial score (nSPS) is 11.5. The number of hydrogen-bond donors (Lipinski definition) is 0. The lowest BCUT2D eigenvalue weighted by Gasteiger charge is -2.13. The molecule has 6 nitrogen and oxygen atoms in total. The van der Waals surface area contributed by atoms with Crippen molar-refractivity contribution in [2.24, 2.45) is 0 Å². The van der Waals surface area contributed by atoms with Crippen LogP contribution >= 0.6 is 0 Å². The standard InChI is InChI=1S/C28H32O6/c1-5-6-7-8-12-23-19(2)22-15-14-21(16-26(22)34-28(23)30)33-17-20-11-9-10-13-24(20)25(18-31-3)27(29)32-4/h9-11,13-16,18H,5-8,12,17H2,1-4H3/b25-18+. The number of fused-ring (bicyclic) bond motifs is 1. The van der Waals surface area contributed by atoms with E-state index in [1.165, 1.54) is 26.9 Å². The lowest BCUT2D eigenvalue weighted by Crippen LogP contribution is -2.10. The zero-order valence-corrected chi connectivity index (χ0v) is 20.3. The van der Waals surface area contributed by atoms with Crippen LogP contribution in [0.15, 0.2) is 57.9 Å². The van der Waals surface area contributed by atoms with Gasteiger partial charge in [-0.25, -0.2) is 9.59 Å². The number of aryl methyl sites for hydroxylation is 1. The molecule has 3 rings (SSSR count). The maximum atomic E-state index is 12.6. The molecule has 1 heterocycles. The molecule has 0 saturated carbocycles. The van der Waals surface area contributed by atoms with Gasteiger partial charge in [0.1, 0.15) is 23.5 Å². The van der Waals surface area contributed by atoms with Crippen molar-refractivity contribution in [3.8, 4) is 5.75 Å². The Labute approximate surface area is 200 Å². The number of rotatable bonds is 11. The fourth-order valence-electron chi connectivity index (χ4n) is 4.00. The highest BCUT2D eigenvalue weighted by atomic mass is 16.5. The molecule has 0 aliphatic heterocycles. The number of ether oxygens (including phenoxy) is 3.